The van der Waals surface area contributed by atoms with Gasteiger partial charge in [-0.25, -0.2) is 14.4 Å². The van der Waals surface area contributed by atoms with Crippen molar-refractivity contribution in [3.05, 3.63) is 46.9 Å². The molecule has 0 spiro atoms. The number of anilines is 1. The summed E-state index contributed by atoms with van der Waals surface area (Å²) >= 11 is 7.28. The number of benzene rings is 1. The third-order valence-electron chi connectivity index (χ3n) is 3.48. The maximum absolute atomic E-state index is 12.8. The lowest BCUT2D eigenvalue weighted by atomic mass is 10.2. The SMILES string of the molecule is CCN(CC)c1cc(Cl)nc(SCC(=O)NCc2ccc(F)cc2)n1. The minimum absolute atomic E-state index is 0.151. The molecule has 0 bridgehead atoms. The number of thioether (sulfide) groups is 1. The summed E-state index contributed by atoms with van der Waals surface area (Å²) in [6, 6.07) is 7.72. The van der Waals surface area contributed by atoms with Crippen LogP contribution >= 0.6 is 23.4 Å². The molecule has 1 aromatic heterocycles. The molecule has 2 rings (SSSR count). The van der Waals surface area contributed by atoms with E-state index in [2.05, 4.69) is 20.2 Å². The first-order valence-corrected chi connectivity index (χ1v) is 9.31. The summed E-state index contributed by atoms with van der Waals surface area (Å²) in [6.07, 6.45) is 0. The van der Waals surface area contributed by atoms with Gasteiger partial charge in [-0.3, -0.25) is 4.79 Å². The van der Waals surface area contributed by atoms with E-state index in [0.29, 0.717) is 16.9 Å². The van der Waals surface area contributed by atoms with Crippen LogP contribution in [-0.4, -0.2) is 34.7 Å². The minimum atomic E-state index is -0.298. The van der Waals surface area contributed by atoms with E-state index in [1.807, 2.05) is 13.8 Å². The van der Waals surface area contributed by atoms with Crippen molar-refractivity contribution in [3.63, 3.8) is 0 Å². The Balaban J connectivity index is 1.89. The molecular formula is C17H20ClFN4OS. The second kappa shape index (κ2) is 9.58. The molecule has 0 aliphatic carbocycles. The van der Waals surface area contributed by atoms with Crippen molar-refractivity contribution in [2.75, 3.05) is 23.7 Å². The fraction of sp³-hybridized carbons (Fsp3) is 0.353. The van der Waals surface area contributed by atoms with Crippen molar-refractivity contribution in [3.8, 4) is 0 Å². The zero-order valence-corrected chi connectivity index (χ0v) is 15.7. The van der Waals surface area contributed by atoms with E-state index in [9.17, 15) is 9.18 Å². The molecule has 0 fully saturated rings. The fourth-order valence-electron chi connectivity index (χ4n) is 2.14. The Hall–Kier alpha value is -1.86. The van der Waals surface area contributed by atoms with Crippen LogP contribution in [0.2, 0.25) is 5.15 Å². The number of hydrogen-bond acceptors (Lipinski definition) is 5. The highest BCUT2D eigenvalue weighted by Gasteiger charge is 2.10. The van der Waals surface area contributed by atoms with Crippen molar-refractivity contribution in [2.24, 2.45) is 0 Å². The van der Waals surface area contributed by atoms with Crippen molar-refractivity contribution in [2.45, 2.75) is 25.5 Å². The zero-order chi connectivity index (χ0) is 18.2. The second-order valence-electron chi connectivity index (χ2n) is 5.20. The van der Waals surface area contributed by atoms with Crippen molar-refractivity contribution >= 4 is 35.1 Å². The number of nitrogens with one attached hydrogen (secondary N) is 1. The average molecular weight is 383 g/mol. The van der Waals surface area contributed by atoms with Crippen LogP contribution in [0.25, 0.3) is 0 Å². The van der Waals surface area contributed by atoms with Crippen molar-refractivity contribution in [1.82, 2.24) is 15.3 Å². The van der Waals surface area contributed by atoms with Gasteiger partial charge in [0, 0.05) is 25.7 Å². The van der Waals surface area contributed by atoms with Gasteiger partial charge < -0.3 is 10.2 Å². The van der Waals surface area contributed by atoms with Crippen LogP contribution in [0.1, 0.15) is 19.4 Å². The molecule has 1 heterocycles. The van der Waals surface area contributed by atoms with Crippen molar-refractivity contribution < 1.29 is 9.18 Å². The molecule has 25 heavy (non-hydrogen) atoms. The van der Waals surface area contributed by atoms with Gasteiger partial charge in [0.1, 0.15) is 16.8 Å². The number of aromatic nitrogens is 2. The highest BCUT2D eigenvalue weighted by Crippen LogP contribution is 2.21. The normalized spacial score (nSPS) is 10.6. The molecule has 2 aromatic rings. The van der Waals surface area contributed by atoms with E-state index in [-0.39, 0.29) is 17.5 Å². The molecule has 0 aliphatic heterocycles. The average Bonchev–Trinajstić information content (AvgIpc) is 2.60. The third kappa shape index (κ3) is 6.17. The number of amides is 1. The lowest BCUT2D eigenvalue weighted by molar-refractivity contribution is -0.118. The first kappa shape index (κ1) is 19.5. The first-order valence-electron chi connectivity index (χ1n) is 7.95. The predicted molar refractivity (Wildman–Crippen MR) is 99.6 cm³/mol. The standard InChI is InChI=1S/C17H20ClFN4OS/c1-3-23(4-2)15-9-14(18)21-17(22-15)25-11-16(24)20-10-12-5-7-13(19)8-6-12/h5-9H,3-4,10-11H2,1-2H3,(H,20,24). The third-order valence-corrected chi connectivity index (χ3v) is 4.52. The first-order chi connectivity index (χ1) is 12.0. The van der Waals surface area contributed by atoms with E-state index in [0.717, 1.165) is 24.5 Å². The van der Waals surface area contributed by atoms with Gasteiger partial charge in [-0.15, -0.1) is 0 Å². The summed E-state index contributed by atoms with van der Waals surface area (Å²) in [5.41, 5.74) is 0.836. The second-order valence-corrected chi connectivity index (χ2v) is 6.53. The topological polar surface area (TPSA) is 58.1 Å². The summed E-state index contributed by atoms with van der Waals surface area (Å²) in [4.78, 5) is 22.6. The van der Waals surface area contributed by atoms with Gasteiger partial charge in [-0.05, 0) is 31.5 Å². The largest absolute Gasteiger partial charge is 0.357 e. The quantitative estimate of drug-likeness (QED) is 0.430. The Morgan fingerprint density at radius 3 is 2.56 bits per heavy atom. The monoisotopic (exact) mass is 382 g/mol. The maximum atomic E-state index is 12.8. The van der Waals surface area contributed by atoms with Crippen LogP contribution in [0, 0.1) is 5.82 Å². The molecule has 0 unspecified atom stereocenters. The summed E-state index contributed by atoms with van der Waals surface area (Å²) in [5.74, 6) is 0.480. The number of hydrogen-bond donors (Lipinski definition) is 1. The number of nitrogens with zero attached hydrogens (tertiary/aromatic N) is 3. The maximum Gasteiger partial charge on any atom is 0.230 e. The van der Waals surface area contributed by atoms with Crippen LogP contribution in [0.5, 0.6) is 0 Å². The molecule has 1 N–H and O–H groups in total. The molecule has 1 aromatic carbocycles. The molecule has 1 amide bonds. The molecule has 8 heteroatoms. The van der Waals surface area contributed by atoms with Crippen LogP contribution in [0.3, 0.4) is 0 Å². The molecule has 134 valence electrons. The molecule has 0 saturated carbocycles. The summed E-state index contributed by atoms with van der Waals surface area (Å²) in [7, 11) is 0. The van der Waals surface area contributed by atoms with Gasteiger partial charge in [-0.1, -0.05) is 35.5 Å². The Bertz CT molecular complexity index is 710. The van der Waals surface area contributed by atoms with E-state index >= 15 is 0 Å². The molecule has 0 atom stereocenters. The minimum Gasteiger partial charge on any atom is -0.357 e. The van der Waals surface area contributed by atoms with E-state index in [1.165, 1.54) is 23.9 Å². The Morgan fingerprint density at radius 1 is 1.24 bits per heavy atom. The van der Waals surface area contributed by atoms with Crippen LogP contribution in [0.15, 0.2) is 35.5 Å². The van der Waals surface area contributed by atoms with Gasteiger partial charge in [0.2, 0.25) is 5.91 Å². The smallest absolute Gasteiger partial charge is 0.230 e. The summed E-state index contributed by atoms with van der Waals surface area (Å²) < 4.78 is 12.8. The van der Waals surface area contributed by atoms with E-state index < -0.39 is 0 Å². The molecule has 5 nitrogen and oxygen atoms in total. The van der Waals surface area contributed by atoms with Crippen LogP contribution in [-0.2, 0) is 11.3 Å². The van der Waals surface area contributed by atoms with Crippen molar-refractivity contribution in [1.29, 1.82) is 0 Å². The van der Waals surface area contributed by atoms with Gasteiger partial charge in [-0.2, -0.15) is 0 Å². The summed E-state index contributed by atoms with van der Waals surface area (Å²) in [5, 5.41) is 3.60. The Labute approximate surface area is 156 Å². The number of halogens is 2. The van der Waals surface area contributed by atoms with Crippen LogP contribution < -0.4 is 10.2 Å². The Morgan fingerprint density at radius 2 is 1.92 bits per heavy atom. The number of carbonyl (C=O) groups excluding carboxylic acids is 1. The summed E-state index contributed by atoms with van der Waals surface area (Å²) in [6.45, 7) is 6.05. The highest BCUT2D eigenvalue weighted by molar-refractivity contribution is 7.99. The molecule has 0 aliphatic rings. The van der Waals surface area contributed by atoms with Gasteiger partial charge in [0.25, 0.3) is 0 Å². The zero-order valence-electron chi connectivity index (χ0n) is 14.1. The molecular weight excluding hydrogens is 363 g/mol. The predicted octanol–water partition coefficient (Wildman–Crippen LogP) is 3.52. The number of rotatable bonds is 8. The van der Waals surface area contributed by atoms with Crippen LogP contribution in [0.4, 0.5) is 10.2 Å². The fourth-order valence-corrected chi connectivity index (χ4v) is 3.05. The molecule has 0 radical (unpaired) electrons. The van der Waals surface area contributed by atoms with Gasteiger partial charge in [0.15, 0.2) is 5.16 Å². The lowest BCUT2D eigenvalue weighted by Crippen LogP contribution is -2.25. The van der Waals surface area contributed by atoms with Gasteiger partial charge >= 0.3 is 0 Å². The van der Waals surface area contributed by atoms with E-state index in [4.69, 9.17) is 11.6 Å². The Kier molecular flexibility index (Phi) is 7.46. The number of carbonyl (C=O) groups is 1. The van der Waals surface area contributed by atoms with Gasteiger partial charge in [0.05, 0.1) is 5.75 Å². The van der Waals surface area contributed by atoms with E-state index in [1.54, 1.807) is 18.2 Å². The highest BCUT2D eigenvalue weighted by atomic mass is 35.5. The molecule has 0 saturated heterocycles. The lowest BCUT2D eigenvalue weighted by Gasteiger charge is -2.20.